The molecule has 0 saturated carbocycles. The Bertz CT molecular complexity index is 991. The van der Waals surface area contributed by atoms with Gasteiger partial charge < -0.3 is 10.1 Å². The third-order valence-electron chi connectivity index (χ3n) is 4.48. The molecule has 1 heterocycles. The van der Waals surface area contributed by atoms with Crippen molar-refractivity contribution in [1.29, 1.82) is 0 Å². The van der Waals surface area contributed by atoms with Crippen molar-refractivity contribution in [3.8, 4) is 5.75 Å². The smallest absolute Gasteiger partial charge is 0.230 e. The fraction of sp³-hybridized carbons (Fsp3) is 0.304. The summed E-state index contributed by atoms with van der Waals surface area (Å²) < 4.78 is 7.87. The molecule has 29 heavy (non-hydrogen) atoms. The molecule has 0 radical (unpaired) electrons. The van der Waals surface area contributed by atoms with Gasteiger partial charge in [-0.05, 0) is 30.7 Å². The molecule has 3 aromatic rings. The number of hydrogen-bond acceptors (Lipinski definition) is 3. The summed E-state index contributed by atoms with van der Waals surface area (Å²) in [6, 6.07) is 17.4. The van der Waals surface area contributed by atoms with Crippen LogP contribution in [-0.2, 0) is 17.9 Å². The molecule has 1 aromatic heterocycles. The van der Waals surface area contributed by atoms with E-state index in [2.05, 4.69) is 10.4 Å². The minimum absolute atomic E-state index is 0.0724. The van der Waals surface area contributed by atoms with Gasteiger partial charge in [-0.25, -0.2) is 0 Å². The molecule has 1 amide bonds. The Hall–Kier alpha value is -2.79. The lowest BCUT2D eigenvalue weighted by molar-refractivity contribution is -0.123. The largest absolute Gasteiger partial charge is 0.489 e. The van der Waals surface area contributed by atoms with Crippen LogP contribution in [0, 0.1) is 12.3 Å². The van der Waals surface area contributed by atoms with Crippen molar-refractivity contribution < 1.29 is 9.53 Å². The van der Waals surface area contributed by atoms with E-state index < -0.39 is 5.41 Å². The molecule has 0 saturated heterocycles. The number of nitrogens with zero attached hydrogens (tertiary/aromatic N) is 2. The molecule has 0 spiro atoms. The number of carbonyl (C=O) groups is 1. The first-order valence-corrected chi connectivity index (χ1v) is 9.91. The number of halogens is 1. The van der Waals surface area contributed by atoms with Gasteiger partial charge in [0.25, 0.3) is 0 Å². The summed E-state index contributed by atoms with van der Waals surface area (Å²) in [6.07, 6.45) is 0. The van der Waals surface area contributed by atoms with Crippen LogP contribution >= 0.6 is 11.6 Å². The van der Waals surface area contributed by atoms with Crippen molar-refractivity contribution in [2.24, 2.45) is 5.41 Å². The summed E-state index contributed by atoms with van der Waals surface area (Å²) in [5.41, 5.74) is 2.47. The number of amides is 1. The van der Waals surface area contributed by atoms with Gasteiger partial charge in [0.05, 0.1) is 6.54 Å². The average molecular weight is 412 g/mol. The number of aromatic nitrogens is 2. The van der Waals surface area contributed by atoms with E-state index in [1.54, 1.807) is 0 Å². The Kier molecular flexibility index (Phi) is 6.28. The Morgan fingerprint density at radius 1 is 1.14 bits per heavy atom. The fourth-order valence-electron chi connectivity index (χ4n) is 2.74. The molecule has 1 N–H and O–H groups in total. The monoisotopic (exact) mass is 411 g/mol. The van der Waals surface area contributed by atoms with Crippen molar-refractivity contribution in [3.05, 3.63) is 76.4 Å². The highest BCUT2D eigenvalue weighted by molar-refractivity contribution is 6.30. The standard InChI is InChI=1S/C23H26ClN3O2/c1-16-12-21(25-22(28)23(2,3)4)26-27(16)14-18-13-19(24)10-11-20(18)29-15-17-8-6-5-7-9-17/h5-13H,14-15H2,1-4H3,(H,25,26,28). The number of nitrogens with one attached hydrogen (secondary N) is 1. The highest BCUT2D eigenvalue weighted by Gasteiger charge is 2.22. The van der Waals surface area contributed by atoms with E-state index in [0.29, 0.717) is 24.0 Å². The second-order valence-electron chi connectivity index (χ2n) is 8.06. The third kappa shape index (κ3) is 5.61. The zero-order valence-electron chi connectivity index (χ0n) is 17.2. The zero-order valence-corrected chi connectivity index (χ0v) is 18.0. The molecule has 0 aliphatic carbocycles. The van der Waals surface area contributed by atoms with Gasteiger partial charge >= 0.3 is 0 Å². The molecule has 0 fully saturated rings. The summed E-state index contributed by atoms with van der Waals surface area (Å²) in [7, 11) is 0. The van der Waals surface area contributed by atoms with Crippen LogP contribution < -0.4 is 10.1 Å². The van der Waals surface area contributed by atoms with Crippen LogP contribution in [0.4, 0.5) is 5.82 Å². The van der Waals surface area contributed by atoms with Crippen LogP contribution in [0.25, 0.3) is 0 Å². The van der Waals surface area contributed by atoms with Crippen molar-refractivity contribution in [2.75, 3.05) is 5.32 Å². The maximum Gasteiger partial charge on any atom is 0.230 e. The highest BCUT2D eigenvalue weighted by Crippen LogP contribution is 2.26. The van der Waals surface area contributed by atoms with E-state index in [9.17, 15) is 4.79 Å². The number of rotatable bonds is 6. The van der Waals surface area contributed by atoms with Crippen LogP contribution in [-0.4, -0.2) is 15.7 Å². The van der Waals surface area contributed by atoms with Gasteiger partial charge in [0.2, 0.25) is 5.91 Å². The van der Waals surface area contributed by atoms with Crippen LogP contribution in [0.2, 0.25) is 5.02 Å². The minimum atomic E-state index is -0.483. The van der Waals surface area contributed by atoms with Gasteiger partial charge in [0.15, 0.2) is 5.82 Å². The van der Waals surface area contributed by atoms with E-state index in [0.717, 1.165) is 22.6 Å². The predicted molar refractivity (Wildman–Crippen MR) is 116 cm³/mol. The van der Waals surface area contributed by atoms with Crippen molar-refractivity contribution in [3.63, 3.8) is 0 Å². The number of carbonyl (C=O) groups excluding carboxylic acids is 1. The third-order valence-corrected chi connectivity index (χ3v) is 4.72. The lowest BCUT2D eigenvalue weighted by Crippen LogP contribution is -2.27. The van der Waals surface area contributed by atoms with E-state index >= 15 is 0 Å². The first-order chi connectivity index (χ1) is 13.7. The van der Waals surface area contributed by atoms with E-state index in [-0.39, 0.29) is 5.91 Å². The van der Waals surface area contributed by atoms with Gasteiger partial charge in [-0.2, -0.15) is 5.10 Å². The quantitative estimate of drug-likeness (QED) is 0.586. The molecule has 5 nitrogen and oxygen atoms in total. The Morgan fingerprint density at radius 3 is 2.55 bits per heavy atom. The molecule has 6 heteroatoms. The molecule has 0 unspecified atom stereocenters. The lowest BCUT2D eigenvalue weighted by atomic mass is 9.96. The molecule has 0 bridgehead atoms. The number of ether oxygens (including phenoxy) is 1. The molecular formula is C23H26ClN3O2. The van der Waals surface area contributed by atoms with Gasteiger partial charge in [0, 0.05) is 27.8 Å². The Labute approximate surface area is 176 Å². The van der Waals surface area contributed by atoms with Gasteiger partial charge in [0.1, 0.15) is 12.4 Å². The topological polar surface area (TPSA) is 56.2 Å². The maximum atomic E-state index is 12.2. The predicted octanol–water partition coefficient (Wildman–Crippen LogP) is 5.46. The molecule has 0 atom stereocenters. The molecule has 2 aromatic carbocycles. The van der Waals surface area contributed by atoms with Gasteiger partial charge in [-0.15, -0.1) is 0 Å². The first-order valence-electron chi connectivity index (χ1n) is 9.53. The summed E-state index contributed by atoms with van der Waals surface area (Å²) >= 11 is 6.22. The summed E-state index contributed by atoms with van der Waals surface area (Å²) in [5.74, 6) is 1.22. The van der Waals surface area contributed by atoms with E-state index in [1.807, 2.05) is 87.0 Å². The summed E-state index contributed by atoms with van der Waals surface area (Å²) in [6.45, 7) is 8.52. The van der Waals surface area contributed by atoms with E-state index in [1.165, 1.54) is 0 Å². The molecule has 152 valence electrons. The maximum absolute atomic E-state index is 12.2. The van der Waals surface area contributed by atoms with Crippen LogP contribution in [0.1, 0.15) is 37.6 Å². The van der Waals surface area contributed by atoms with Crippen LogP contribution in [0.5, 0.6) is 5.75 Å². The first kappa shape index (κ1) is 20.9. The molecule has 0 aliphatic heterocycles. The molecular weight excluding hydrogens is 386 g/mol. The average Bonchev–Trinajstić information content (AvgIpc) is 3.00. The van der Waals surface area contributed by atoms with E-state index in [4.69, 9.17) is 16.3 Å². The zero-order chi connectivity index (χ0) is 21.0. The second kappa shape index (κ2) is 8.70. The Balaban J connectivity index is 1.77. The highest BCUT2D eigenvalue weighted by atomic mass is 35.5. The SMILES string of the molecule is Cc1cc(NC(=O)C(C)(C)C)nn1Cc1cc(Cl)ccc1OCc1ccccc1. The van der Waals surface area contributed by atoms with Crippen molar-refractivity contribution in [2.45, 2.75) is 40.8 Å². The molecule has 0 aliphatic rings. The van der Waals surface area contributed by atoms with Crippen LogP contribution in [0.3, 0.4) is 0 Å². The fourth-order valence-corrected chi connectivity index (χ4v) is 2.94. The number of anilines is 1. The second-order valence-corrected chi connectivity index (χ2v) is 8.50. The molecule has 3 rings (SSSR count). The normalized spacial score (nSPS) is 11.3. The summed E-state index contributed by atoms with van der Waals surface area (Å²) in [4.78, 5) is 12.2. The number of hydrogen-bond donors (Lipinski definition) is 1. The van der Waals surface area contributed by atoms with Crippen LogP contribution in [0.15, 0.2) is 54.6 Å². The number of aryl methyl sites for hydroxylation is 1. The van der Waals surface area contributed by atoms with Crippen molar-refractivity contribution in [1.82, 2.24) is 9.78 Å². The Morgan fingerprint density at radius 2 is 1.86 bits per heavy atom. The minimum Gasteiger partial charge on any atom is -0.489 e. The van der Waals surface area contributed by atoms with Gasteiger partial charge in [-0.3, -0.25) is 9.48 Å². The lowest BCUT2D eigenvalue weighted by Gasteiger charge is -2.16. The summed E-state index contributed by atoms with van der Waals surface area (Å²) in [5, 5.41) is 8.04. The van der Waals surface area contributed by atoms with Gasteiger partial charge in [-0.1, -0.05) is 62.7 Å². The van der Waals surface area contributed by atoms with Crippen molar-refractivity contribution >= 4 is 23.3 Å². The number of benzene rings is 2.